The minimum atomic E-state index is -0.338. The van der Waals surface area contributed by atoms with Crippen molar-refractivity contribution < 1.29 is 14.4 Å². The van der Waals surface area contributed by atoms with Gasteiger partial charge in [0, 0.05) is 22.9 Å². The number of nitrogens with one attached hydrogen (secondary N) is 3. The zero-order chi connectivity index (χ0) is 21.8. The molecule has 6 heteroatoms. The van der Waals surface area contributed by atoms with E-state index in [2.05, 4.69) is 16.0 Å². The van der Waals surface area contributed by atoms with Crippen molar-refractivity contribution in [1.82, 2.24) is 0 Å². The maximum atomic E-state index is 12.8. The largest absolute Gasteiger partial charge is 0.326 e. The van der Waals surface area contributed by atoms with Gasteiger partial charge in [0.15, 0.2) is 0 Å². The average molecular weight is 413 g/mol. The fourth-order valence-corrected chi connectivity index (χ4v) is 3.20. The second-order valence-electron chi connectivity index (χ2n) is 7.66. The Morgan fingerprint density at radius 3 is 2.10 bits per heavy atom. The van der Waals surface area contributed by atoms with Gasteiger partial charge < -0.3 is 16.0 Å². The highest BCUT2D eigenvalue weighted by Gasteiger charge is 2.29. The number of aryl methyl sites for hydroxylation is 1. The van der Waals surface area contributed by atoms with E-state index in [1.807, 2.05) is 19.1 Å². The van der Waals surface area contributed by atoms with Crippen LogP contribution in [0.2, 0.25) is 0 Å². The molecule has 3 aromatic carbocycles. The van der Waals surface area contributed by atoms with Gasteiger partial charge in [-0.25, -0.2) is 0 Å². The van der Waals surface area contributed by atoms with Crippen molar-refractivity contribution in [2.75, 3.05) is 16.0 Å². The summed E-state index contributed by atoms with van der Waals surface area (Å²) < 4.78 is 0. The number of anilines is 3. The average Bonchev–Trinajstić information content (AvgIpc) is 3.61. The minimum Gasteiger partial charge on any atom is -0.326 e. The first-order chi connectivity index (χ1) is 15.0. The van der Waals surface area contributed by atoms with Crippen molar-refractivity contribution in [3.8, 4) is 0 Å². The van der Waals surface area contributed by atoms with Gasteiger partial charge in [0.05, 0.1) is 11.3 Å². The molecule has 1 aliphatic carbocycles. The van der Waals surface area contributed by atoms with Crippen LogP contribution < -0.4 is 16.0 Å². The van der Waals surface area contributed by atoms with Gasteiger partial charge in [-0.3, -0.25) is 14.4 Å². The van der Waals surface area contributed by atoms with Crippen molar-refractivity contribution in [2.24, 2.45) is 5.92 Å². The molecule has 6 nitrogen and oxygen atoms in total. The van der Waals surface area contributed by atoms with Crippen LogP contribution in [0.4, 0.5) is 17.1 Å². The Hall–Kier alpha value is -3.93. The van der Waals surface area contributed by atoms with Gasteiger partial charge in [-0.05, 0) is 68.3 Å². The summed E-state index contributed by atoms with van der Waals surface area (Å²) in [5.41, 5.74) is 3.58. The van der Waals surface area contributed by atoms with Crippen molar-refractivity contribution in [3.05, 3.63) is 89.5 Å². The highest BCUT2D eigenvalue weighted by Crippen LogP contribution is 2.30. The lowest BCUT2D eigenvalue weighted by atomic mass is 10.1. The van der Waals surface area contributed by atoms with Crippen molar-refractivity contribution in [1.29, 1.82) is 0 Å². The number of rotatable bonds is 6. The molecule has 0 radical (unpaired) electrons. The Balaban J connectivity index is 1.44. The van der Waals surface area contributed by atoms with Gasteiger partial charge in [0.2, 0.25) is 5.91 Å². The predicted octanol–water partition coefficient (Wildman–Crippen LogP) is 4.85. The molecule has 0 saturated heterocycles. The van der Waals surface area contributed by atoms with Gasteiger partial charge in [0.1, 0.15) is 0 Å². The van der Waals surface area contributed by atoms with Gasteiger partial charge >= 0.3 is 0 Å². The number of carbonyl (C=O) groups is 3. The molecule has 3 amide bonds. The second kappa shape index (κ2) is 8.83. The summed E-state index contributed by atoms with van der Waals surface area (Å²) in [6.45, 7) is 1.92. The summed E-state index contributed by atoms with van der Waals surface area (Å²) in [4.78, 5) is 37.3. The Morgan fingerprint density at radius 1 is 0.742 bits per heavy atom. The van der Waals surface area contributed by atoms with E-state index in [1.54, 1.807) is 60.7 Å². The van der Waals surface area contributed by atoms with Gasteiger partial charge in [-0.1, -0.05) is 29.8 Å². The number of hydrogen-bond donors (Lipinski definition) is 3. The molecular weight excluding hydrogens is 390 g/mol. The third kappa shape index (κ3) is 5.17. The molecular formula is C25H23N3O3. The topological polar surface area (TPSA) is 87.3 Å². The molecule has 0 aromatic heterocycles. The fraction of sp³-hybridized carbons (Fsp3) is 0.160. The molecule has 31 heavy (non-hydrogen) atoms. The number of benzene rings is 3. The van der Waals surface area contributed by atoms with E-state index in [1.165, 1.54) is 0 Å². The van der Waals surface area contributed by atoms with Crippen molar-refractivity contribution in [2.45, 2.75) is 19.8 Å². The minimum absolute atomic E-state index is 0.0371. The Kier molecular flexibility index (Phi) is 5.80. The summed E-state index contributed by atoms with van der Waals surface area (Å²) in [5.74, 6) is -0.449. The molecule has 3 aromatic rings. The Labute approximate surface area is 180 Å². The third-order valence-corrected chi connectivity index (χ3v) is 5.06. The first kappa shape index (κ1) is 20.3. The van der Waals surface area contributed by atoms with Crippen LogP contribution in [0.25, 0.3) is 0 Å². The fourth-order valence-electron chi connectivity index (χ4n) is 3.20. The molecule has 0 unspecified atom stereocenters. The highest BCUT2D eigenvalue weighted by atomic mass is 16.2. The van der Waals surface area contributed by atoms with Gasteiger partial charge in [-0.2, -0.15) is 0 Å². The molecule has 0 aliphatic heterocycles. The van der Waals surface area contributed by atoms with E-state index in [0.717, 1.165) is 18.4 Å². The lowest BCUT2D eigenvalue weighted by Crippen LogP contribution is -2.18. The van der Waals surface area contributed by atoms with E-state index in [9.17, 15) is 14.4 Å². The van der Waals surface area contributed by atoms with Crippen LogP contribution in [-0.2, 0) is 4.79 Å². The first-order valence-electron chi connectivity index (χ1n) is 10.2. The normalized spacial score (nSPS) is 12.7. The molecule has 4 rings (SSSR count). The number of amides is 3. The summed E-state index contributed by atoms with van der Waals surface area (Å²) in [6.07, 6.45) is 1.89. The molecule has 1 saturated carbocycles. The second-order valence-corrected chi connectivity index (χ2v) is 7.66. The summed E-state index contributed by atoms with van der Waals surface area (Å²) in [5, 5.41) is 8.52. The maximum absolute atomic E-state index is 12.8. The molecule has 0 bridgehead atoms. The first-order valence-corrected chi connectivity index (χ1v) is 10.2. The van der Waals surface area contributed by atoms with Crippen LogP contribution >= 0.6 is 0 Å². The third-order valence-electron chi connectivity index (χ3n) is 5.06. The maximum Gasteiger partial charge on any atom is 0.257 e. The van der Waals surface area contributed by atoms with Crippen molar-refractivity contribution in [3.63, 3.8) is 0 Å². The van der Waals surface area contributed by atoms with Crippen molar-refractivity contribution >= 4 is 34.8 Å². The lowest BCUT2D eigenvalue weighted by molar-refractivity contribution is -0.117. The van der Waals surface area contributed by atoms with E-state index in [4.69, 9.17) is 0 Å². The quantitative estimate of drug-likeness (QED) is 0.540. The van der Waals surface area contributed by atoms with E-state index < -0.39 is 0 Å². The summed E-state index contributed by atoms with van der Waals surface area (Å²) >= 11 is 0. The highest BCUT2D eigenvalue weighted by molar-refractivity contribution is 6.12. The van der Waals surface area contributed by atoms with Crippen LogP contribution in [0.15, 0.2) is 72.8 Å². The molecule has 1 fully saturated rings. The van der Waals surface area contributed by atoms with Crippen LogP contribution in [0.5, 0.6) is 0 Å². The van der Waals surface area contributed by atoms with Crippen LogP contribution in [0.3, 0.4) is 0 Å². The smallest absolute Gasteiger partial charge is 0.257 e. The predicted molar refractivity (Wildman–Crippen MR) is 121 cm³/mol. The van der Waals surface area contributed by atoms with Gasteiger partial charge in [0.25, 0.3) is 11.8 Å². The van der Waals surface area contributed by atoms with E-state index >= 15 is 0 Å². The summed E-state index contributed by atoms with van der Waals surface area (Å²) in [6, 6.07) is 21.1. The monoisotopic (exact) mass is 413 g/mol. The standard InChI is InChI=1S/C25H23N3O3/c1-16-5-4-6-18(15-16)24(30)28-22-8-3-2-7-21(22)25(31)27-20-13-11-19(12-14-20)26-23(29)17-9-10-17/h2-8,11-15,17H,9-10H2,1H3,(H,26,29)(H,27,31)(H,28,30). The SMILES string of the molecule is Cc1cccc(C(=O)Nc2ccccc2C(=O)Nc2ccc(NC(=O)C3CC3)cc2)c1. The molecule has 0 atom stereocenters. The van der Waals surface area contributed by atoms with Gasteiger partial charge in [-0.15, -0.1) is 0 Å². The zero-order valence-electron chi connectivity index (χ0n) is 17.1. The number of para-hydroxylation sites is 1. The summed E-state index contributed by atoms with van der Waals surface area (Å²) in [7, 11) is 0. The van der Waals surface area contributed by atoms with E-state index in [-0.39, 0.29) is 23.6 Å². The molecule has 0 spiro atoms. The molecule has 3 N–H and O–H groups in total. The Bertz CT molecular complexity index is 1130. The van der Waals surface area contributed by atoms with Crippen LogP contribution in [0.1, 0.15) is 39.1 Å². The van der Waals surface area contributed by atoms with Crippen LogP contribution in [-0.4, -0.2) is 17.7 Å². The Morgan fingerprint density at radius 2 is 1.42 bits per heavy atom. The number of hydrogen-bond acceptors (Lipinski definition) is 3. The number of carbonyl (C=O) groups excluding carboxylic acids is 3. The van der Waals surface area contributed by atoms with E-state index in [0.29, 0.717) is 28.2 Å². The molecule has 1 aliphatic rings. The lowest BCUT2D eigenvalue weighted by Gasteiger charge is -2.12. The zero-order valence-corrected chi connectivity index (χ0v) is 17.1. The molecule has 0 heterocycles. The van der Waals surface area contributed by atoms with Crippen LogP contribution in [0, 0.1) is 12.8 Å². The molecule has 156 valence electrons.